The number of benzene rings is 2. The summed E-state index contributed by atoms with van der Waals surface area (Å²) in [5.41, 5.74) is 1.32. The summed E-state index contributed by atoms with van der Waals surface area (Å²) in [6, 6.07) is 14.2. The first kappa shape index (κ1) is 23.6. The normalized spacial score (nSPS) is 20.9. The highest BCUT2D eigenvalue weighted by Crippen LogP contribution is 2.31. The third kappa shape index (κ3) is 5.26. The zero-order valence-electron chi connectivity index (χ0n) is 20.3. The number of aromatic nitrogens is 1. The number of hydrogen-bond donors (Lipinski definition) is 0. The summed E-state index contributed by atoms with van der Waals surface area (Å²) in [5, 5.41) is 0.618. The molecule has 0 N–H and O–H groups in total. The Morgan fingerprint density at radius 2 is 1.83 bits per heavy atom. The van der Waals surface area contributed by atoms with Crippen molar-refractivity contribution in [1.29, 1.82) is 0 Å². The summed E-state index contributed by atoms with van der Waals surface area (Å²) in [6.07, 6.45) is 8.96. The number of carbonyl (C=O) groups is 2. The number of fused-ring (bicyclic) bond motifs is 1. The van der Waals surface area contributed by atoms with Crippen LogP contribution >= 0.6 is 0 Å². The number of amides is 1. The molecule has 0 spiro atoms. The highest BCUT2D eigenvalue weighted by atomic mass is 19.1. The van der Waals surface area contributed by atoms with Gasteiger partial charge in [-0.1, -0.05) is 37.5 Å². The number of nitrogens with zero attached hydrogens (tertiary/aromatic N) is 2. The van der Waals surface area contributed by atoms with Crippen LogP contribution in [0.2, 0.25) is 0 Å². The second-order valence-corrected chi connectivity index (χ2v) is 10.1. The van der Waals surface area contributed by atoms with Crippen molar-refractivity contribution >= 4 is 22.6 Å². The Balaban J connectivity index is 1.40. The van der Waals surface area contributed by atoms with Crippen LogP contribution in [0.4, 0.5) is 4.39 Å². The summed E-state index contributed by atoms with van der Waals surface area (Å²) in [6.45, 7) is 2.60. The molecule has 5 nitrogen and oxygen atoms in total. The fourth-order valence-corrected chi connectivity index (χ4v) is 5.81. The van der Waals surface area contributed by atoms with Crippen molar-refractivity contribution in [2.75, 3.05) is 6.54 Å². The number of ketones is 1. The van der Waals surface area contributed by atoms with Crippen molar-refractivity contribution in [3.05, 3.63) is 66.1 Å². The van der Waals surface area contributed by atoms with Gasteiger partial charge in [0.05, 0.1) is 12.6 Å². The molecular weight excluding hydrogens is 443 g/mol. The van der Waals surface area contributed by atoms with Gasteiger partial charge in [0, 0.05) is 42.0 Å². The Morgan fingerprint density at radius 3 is 2.57 bits per heavy atom. The van der Waals surface area contributed by atoms with Crippen LogP contribution < -0.4 is 4.74 Å². The van der Waals surface area contributed by atoms with Crippen LogP contribution in [0.25, 0.3) is 10.9 Å². The molecule has 2 aromatic carbocycles. The van der Waals surface area contributed by atoms with Crippen LogP contribution in [-0.2, 0) is 11.3 Å². The van der Waals surface area contributed by atoms with Crippen molar-refractivity contribution in [1.82, 2.24) is 9.47 Å². The quantitative estimate of drug-likeness (QED) is 0.393. The van der Waals surface area contributed by atoms with Gasteiger partial charge in [-0.2, -0.15) is 0 Å². The molecule has 2 heterocycles. The Bertz CT molecular complexity index is 1200. The van der Waals surface area contributed by atoms with Crippen LogP contribution in [0.1, 0.15) is 62.2 Å². The molecule has 2 atom stereocenters. The first-order valence-electron chi connectivity index (χ1n) is 12.8. The fourth-order valence-electron chi connectivity index (χ4n) is 5.81. The van der Waals surface area contributed by atoms with E-state index in [1.54, 1.807) is 6.07 Å². The van der Waals surface area contributed by atoms with Crippen LogP contribution in [0, 0.1) is 11.7 Å². The van der Waals surface area contributed by atoms with Crippen molar-refractivity contribution < 1.29 is 18.7 Å². The lowest BCUT2D eigenvalue weighted by Crippen LogP contribution is -2.39. The minimum Gasteiger partial charge on any atom is -0.489 e. The van der Waals surface area contributed by atoms with Crippen molar-refractivity contribution in [2.45, 2.75) is 70.6 Å². The van der Waals surface area contributed by atoms with Crippen LogP contribution in [0.15, 0.2) is 54.7 Å². The third-order valence-electron chi connectivity index (χ3n) is 7.56. The molecule has 3 aromatic rings. The molecule has 35 heavy (non-hydrogen) atoms. The summed E-state index contributed by atoms with van der Waals surface area (Å²) in [5.74, 6) is 1.00. The first-order chi connectivity index (χ1) is 17.0. The topological polar surface area (TPSA) is 51.5 Å². The maximum Gasteiger partial charge on any atom is 0.223 e. The van der Waals surface area contributed by atoms with E-state index in [2.05, 4.69) is 0 Å². The molecule has 1 amide bonds. The Hall–Kier alpha value is -3.15. The molecule has 1 unspecified atom stereocenters. The van der Waals surface area contributed by atoms with Gasteiger partial charge >= 0.3 is 0 Å². The van der Waals surface area contributed by atoms with Crippen molar-refractivity contribution in [3.63, 3.8) is 0 Å². The molecule has 6 heteroatoms. The molecule has 0 radical (unpaired) electrons. The second kappa shape index (κ2) is 10.2. The van der Waals surface area contributed by atoms with Gasteiger partial charge in [-0.3, -0.25) is 9.59 Å². The molecule has 0 bridgehead atoms. The van der Waals surface area contributed by atoms with E-state index in [1.807, 2.05) is 46.0 Å². The summed E-state index contributed by atoms with van der Waals surface area (Å²) in [7, 11) is 0. The van der Waals surface area contributed by atoms with E-state index in [-0.39, 0.29) is 29.7 Å². The molecule has 1 saturated heterocycles. The van der Waals surface area contributed by atoms with Gasteiger partial charge in [-0.05, 0) is 56.0 Å². The minimum atomic E-state index is -0.362. The SMILES string of the molecule is CC(=O)c1cn(C[C@@H]2CC(Oc3ccccc3)CN2C(=O)CC2CCCCC2)c2ccc(F)cc12. The molecule has 1 aromatic heterocycles. The van der Waals surface area contributed by atoms with Gasteiger partial charge in [-0.25, -0.2) is 4.39 Å². The number of carbonyl (C=O) groups excluding carboxylic acids is 2. The van der Waals surface area contributed by atoms with Gasteiger partial charge in [0.25, 0.3) is 0 Å². The fraction of sp³-hybridized carbons (Fsp3) is 0.448. The van der Waals surface area contributed by atoms with E-state index >= 15 is 0 Å². The van der Waals surface area contributed by atoms with Crippen LogP contribution in [0.5, 0.6) is 5.75 Å². The molecule has 2 fully saturated rings. The maximum atomic E-state index is 14.0. The number of ether oxygens (including phenoxy) is 1. The van der Waals surface area contributed by atoms with Crippen LogP contribution in [-0.4, -0.2) is 39.8 Å². The van der Waals surface area contributed by atoms with E-state index in [9.17, 15) is 14.0 Å². The van der Waals surface area contributed by atoms with Crippen molar-refractivity contribution in [3.8, 4) is 5.75 Å². The summed E-state index contributed by atoms with van der Waals surface area (Å²) >= 11 is 0. The van der Waals surface area contributed by atoms with Gasteiger partial charge < -0.3 is 14.2 Å². The first-order valence-corrected chi connectivity index (χ1v) is 12.8. The molecule has 1 aliphatic heterocycles. The largest absolute Gasteiger partial charge is 0.489 e. The zero-order chi connectivity index (χ0) is 24.4. The molecule has 2 aliphatic rings. The standard InChI is InChI=1S/C29H33FN2O3/c1-20(33)27-19-31(28-13-12-22(30)15-26(27)28)17-23-16-25(35-24-10-6-3-7-11-24)18-32(23)29(34)14-21-8-4-2-5-9-21/h3,6-7,10-13,15,19,21,23,25H,2,4-5,8-9,14,16-18H2,1H3/t23-,25?/m0/s1. The van der Waals surface area contributed by atoms with E-state index in [4.69, 9.17) is 4.74 Å². The van der Waals surface area contributed by atoms with Gasteiger partial charge in [0.1, 0.15) is 17.7 Å². The van der Waals surface area contributed by atoms with E-state index < -0.39 is 0 Å². The van der Waals surface area contributed by atoms with Gasteiger partial charge in [0.15, 0.2) is 5.78 Å². The van der Waals surface area contributed by atoms with Crippen molar-refractivity contribution in [2.24, 2.45) is 5.92 Å². The molecular formula is C29H33FN2O3. The number of rotatable bonds is 7. The molecule has 184 valence electrons. The molecule has 5 rings (SSSR count). The maximum absolute atomic E-state index is 14.0. The number of halogens is 1. The monoisotopic (exact) mass is 476 g/mol. The van der Waals surface area contributed by atoms with Gasteiger partial charge in [0.2, 0.25) is 5.91 Å². The summed E-state index contributed by atoms with van der Waals surface area (Å²) in [4.78, 5) is 27.7. The predicted molar refractivity (Wildman–Crippen MR) is 134 cm³/mol. The van der Waals surface area contributed by atoms with E-state index in [0.717, 1.165) is 24.1 Å². The Morgan fingerprint density at radius 1 is 1.06 bits per heavy atom. The lowest BCUT2D eigenvalue weighted by molar-refractivity contribution is -0.133. The highest BCUT2D eigenvalue weighted by molar-refractivity contribution is 6.07. The predicted octanol–water partition coefficient (Wildman–Crippen LogP) is 6.00. The summed E-state index contributed by atoms with van der Waals surface area (Å²) < 4.78 is 22.2. The lowest BCUT2D eigenvalue weighted by atomic mass is 9.86. The van der Waals surface area contributed by atoms with E-state index in [0.29, 0.717) is 42.8 Å². The number of hydrogen-bond acceptors (Lipinski definition) is 3. The van der Waals surface area contributed by atoms with Gasteiger partial charge in [-0.15, -0.1) is 0 Å². The number of Topliss-reactive ketones (excluding diaryl/α,β-unsaturated/α-hetero) is 1. The molecule has 1 aliphatic carbocycles. The number of para-hydroxylation sites is 1. The Labute approximate surface area is 205 Å². The minimum absolute atomic E-state index is 0.0553. The van der Waals surface area contributed by atoms with Crippen LogP contribution in [0.3, 0.4) is 0 Å². The lowest BCUT2D eigenvalue weighted by Gasteiger charge is -2.28. The highest BCUT2D eigenvalue weighted by Gasteiger charge is 2.37. The second-order valence-electron chi connectivity index (χ2n) is 10.1. The zero-order valence-corrected chi connectivity index (χ0v) is 20.3. The average molecular weight is 477 g/mol. The smallest absolute Gasteiger partial charge is 0.223 e. The average Bonchev–Trinajstić information content (AvgIpc) is 3.41. The molecule has 1 saturated carbocycles. The third-order valence-corrected chi connectivity index (χ3v) is 7.56. The Kier molecular flexibility index (Phi) is 6.89. The number of likely N-dealkylation sites (tertiary alicyclic amines) is 1. The van der Waals surface area contributed by atoms with E-state index in [1.165, 1.54) is 38.3 Å².